The summed E-state index contributed by atoms with van der Waals surface area (Å²) in [6.07, 6.45) is 20.2. The van der Waals surface area contributed by atoms with Crippen molar-refractivity contribution < 1.29 is 10.2 Å². The first-order valence-corrected chi connectivity index (χ1v) is 9.84. The average Bonchev–Trinajstić information content (AvgIpc) is 2.56. The highest BCUT2D eigenvalue weighted by molar-refractivity contribution is 5.57. The molecule has 136 valence electrons. The predicted octanol–water partition coefficient (Wildman–Crippen LogP) is 7.12. The second-order valence-corrected chi connectivity index (χ2v) is 6.91. The SMILES string of the molecule is CCCCCCCCCCCCC/C=C/c1cc(O)c(C)c(O)c1. The summed E-state index contributed by atoms with van der Waals surface area (Å²) in [5, 5.41) is 19.4. The Morgan fingerprint density at radius 2 is 1.21 bits per heavy atom. The van der Waals surface area contributed by atoms with Crippen LogP contribution < -0.4 is 0 Å². The van der Waals surface area contributed by atoms with Gasteiger partial charge in [-0.1, -0.05) is 83.3 Å². The van der Waals surface area contributed by atoms with Crippen LogP contribution in [0.25, 0.3) is 6.08 Å². The molecular formula is C22H36O2. The van der Waals surface area contributed by atoms with Crippen molar-refractivity contribution in [3.05, 3.63) is 29.3 Å². The van der Waals surface area contributed by atoms with E-state index in [1.807, 2.05) is 6.08 Å². The minimum absolute atomic E-state index is 0.157. The lowest BCUT2D eigenvalue weighted by Crippen LogP contribution is -1.82. The van der Waals surface area contributed by atoms with Crippen molar-refractivity contribution in [1.29, 1.82) is 0 Å². The quantitative estimate of drug-likeness (QED) is 0.377. The summed E-state index contributed by atoms with van der Waals surface area (Å²) in [5.41, 5.74) is 1.40. The summed E-state index contributed by atoms with van der Waals surface area (Å²) in [6, 6.07) is 3.40. The Kier molecular flexibility index (Phi) is 11.1. The molecule has 0 aromatic heterocycles. The maximum absolute atomic E-state index is 9.69. The zero-order chi connectivity index (χ0) is 17.6. The number of hydrogen-bond acceptors (Lipinski definition) is 2. The fourth-order valence-corrected chi connectivity index (χ4v) is 2.95. The second kappa shape index (κ2) is 12.9. The van der Waals surface area contributed by atoms with E-state index in [1.54, 1.807) is 19.1 Å². The van der Waals surface area contributed by atoms with Crippen LogP contribution in [0.2, 0.25) is 0 Å². The first kappa shape index (κ1) is 20.6. The fraction of sp³-hybridized carbons (Fsp3) is 0.636. The van der Waals surface area contributed by atoms with Gasteiger partial charge in [0.05, 0.1) is 0 Å². The molecule has 0 aliphatic carbocycles. The van der Waals surface area contributed by atoms with Crippen molar-refractivity contribution in [3.8, 4) is 11.5 Å². The zero-order valence-corrected chi connectivity index (χ0v) is 15.7. The number of phenols is 2. The molecule has 1 rings (SSSR count). The van der Waals surface area contributed by atoms with E-state index >= 15 is 0 Å². The van der Waals surface area contributed by atoms with Crippen LogP contribution in [0.1, 0.15) is 95.1 Å². The third kappa shape index (κ3) is 9.00. The van der Waals surface area contributed by atoms with Crippen LogP contribution in [0.15, 0.2) is 18.2 Å². The van der Waals surface area contributed by atoms with Gasteiger partial charge in [-0.2, -0.15) is 0 Å². The van der Waals surface area contributed by atoms with E-state index < -0.39 is 0 Å². The minimum Gasteiger partial charge on any atom is -0.508 e. The van der Waals surface area contributed by atoms with Gasteiger partial charge < -0.3 is 10.2 Å². The Bertz CT molecular complexity index is 454. The van der Waals surface area contributed by atoms with E-state index in [2.05, 4.69) is 13.0 Å². The standard InChI is InChI=1S/C22H36O2/c1-3-4-5-6-7-8-9-10-11-12-13-14-15-16-20-17-21(23)19(2)22(24)18-20/h15-18,23-24H,3-14H2,1-2H3/b16-15+. The molecule has 0 amide bonds. The molecule has 0 fully saturated rings. The van der Waals surface area contributed by atoms with Crippen LogP contribution in [0.4, 0.5) is 0 Å². The normalized spacial score (nSPS) is 11.4. The second-order valence-electron chi connectivity index (χ2n) is 6.91. The number of benzene rings is 1. The summed E-state index contributed by atoms with van der Waals surface area (Å²) < 4.78 is 0. The Labute approximate surface area is 148 Å². The van der Waals surface area contributed by atoms with E-state index in [0.29, 0.717) is 5.56 Å². The summed E-state index contributed by atoms with van der Waals surface area (Å²) in [6.45, 7) is 3.98. The van der Waals surface area contributed by atoms with Gasteiger partial charge in [0.15, 0.2) is 0 Å². The van der Waals surface area contributed by atoms with Crippen LogP contribution in [-0.2, 0) is 0 Å². The molecule has 0 heterocycles. The van der Waals surface area contributed by atoms with Crippen molar-refractivity contribution in [3.63, 3.8) is 0 Å². The Morgan fingerprint density at radius 3 is 1.71 bits per heavy atom. The van der Waals surface area contributed by atoms with Gasteiger partial charge in [-0.3, -0.25) is 0 Å². The Balaban J connectivity index is 2.00. The highest BCUT2D eigenvalue weighted by atomic mass is 16.3. The molecule has 0 aliphatic heterocycles. The number of allylic oxidation sites excluding steroid dienone is 1. The van der Waals surface area contributed by atoms with Crippen LogP contribution in [0.3, 0.4) is 0 Å². The van der Waals surface area contributed by atoms with Gasteiger partial charge in [-0.25, -0.2) is 0 Å². The van der Waals surface area contributed by atoms with Gasteiger partial charge >= 0.3 is 0 Å². The molecule has 0 saturated heterocycles. The number of aromatic hydroxyl groups is 2. The van der Waals surface area contributed by atoms with E-state index in [-0.39, 0.29) is 11.5 Å². The number of hydrogen-bond donors (Lipinski definition) is 2. The molecule has 0 unspecified atom stereocenters. The van der Waals surface area contributed by atoms with Gasteiger partial charge in [-0.15, -0.1) is 0 Å². The Hall–Kier alpha value is -1.44. The smallest absolute Gasteiger partial charge is 0.122 e. The van der Waals surface area contributed by atoms with E-state index in [4.69, 9.17) is 0 Å². The van der Waals surface area contributed by atoms with E-state index in [9.17, 15) is 10.2 Å². The molecule has 2 N–H and O–H groups in total. The molecule has 2 nitrogen and oxygen atoms in total. The number of unbranched alkanes of at least 4 members (excludes halogenated alkanes) is 11. The van der Waals surface area contributed by atoms with Gasteiger partial charge in [0, 0.05) is 5.56 Å². The van der Waals surface area contributed by atoms with Crippen molar-refractivity contribution in [2.75, 3.05) is 0 Å². The molecule has 0 bridgehead atoms. The maximum Gasteiger partial charge on any atom is 0.122 e. The van der Waals surface area contributed by atoms with Crippen LogP contribution in [0, 0.1) is 6.92 Å². The van der Waals surface area contributed by atoms with Crippen LogP contribution in [0.5, 0.6) is 11.5 Å². The van der Waals surface area contributed by atoms with E-state index in [0.717, 1.165) is 12.0 Å². The third-order valence-corrected chi connectivity index (χ3v) is 4.66. The summed E-state index contributed by atoms with van der Waals surface area (Å²) >= 11 is 0. The van der Waals surface area contributed by atoms with Crippen molar-refractivity contribution in [2.24, 2.45) is 0 Å². The first-order valence-electron chi connectivity index (χ1n) is 9.84. The number of phenolic OH excluding ortho intramolecular Hbond substituents is 2. The molecule has 0 atom stereocenters. The first-order chi connectivity index (χ1) is 11.6. The molecule has 1 aromatic carbocycles. The maximum atomic E-state index is 9.69. The fourth-order valence-electron chi connectivity index (χ4n) is 2.95. The average molecular weight is 333 g/mol. The van der Waals surface area contributed by atoms with E-state index in [1.165, 1.54) is 70.6 Å². The third-order valence-electron chi connectivity index (χ3n) is 4.66. The van der Waals surface area contributed by atoms with Crippen molar-refractivity contribution >= 4 is 6.08 Å². The minimum atomic E-state index is 0.157. The van der Waals surface area contributed by atoms with Crippen LogP contribution in [-0.4, -0.2) is 10.2 Å². The molecule has 24 heavy (non-hydrogen) atoms. The van der Waals surface area contributed by atoms with Crippen molar-refractivity contribution in [1.82, 2.24) is 0 Å². The lowest BCUT2D eigenvalue weighted by atomic mass is 10.0. The molecule has 0 spiro atoms. The Morgan fingerprint density at radius 1 is 0.750 bits per heavy atom. The zero-order valence-electron chi connectivity index (χ0n) is 15.7. The molecule has 1 aromatic rings. The highest BCUT2D eigenvalue weighted by Crippen LogP contribution is 2.28. The predicted molar refractivity (Wildman–Crippen MR) is 105 cm³/mol. The topological polar surface area (TPSA) is 40.5 Å². The monoisotopic (exact) mass is 332 g/mol. The van der Waals surface area contributed by atoms with Crippen molar-refractivity contribution in [2.45, 2.75) is 90.9 Å². The number of rotatable bonds is 13. The molecule has 2 heteroatoms. The molecular weight excluding hydrogens is 296 g/mol. The van der Waals surface area contributed by atoms with Gasteiger partial charge in [0.25, 0.3) is 0 Å². The van der Waals surface area contributed by atoms with Crippen LogP contribution >= 0.6 is 0 Å². The van der Waals surface area contributed by atoms with Gasteiger partial charge in [0.2, 0.25) is 0 Å². The lowest BCUT2D eigenvalue weighted by Gasteiger charge is -2.03. The summed E-state index contributed by atoms with van der Waals surface area (Å²) in [7, 11) is 0. The summed E-state index contributed by atoms with van der Waals surface area (Å²) in [4.78, 5) is 0. The van der Waals surface area contributed by atoms with Gasteiger partial charge in [-0.05, 0) is 37.5 Å². The molecule has 0 radical (unpaired) electrons. The highest BCUT2D eigenvalue weighted by Gasteiger charge is 2.02. The largest absolute Gasteiger partial charge is 0.508 e. The van der Waals surface area contributed by atoms with Gasteiger partial charge in [0.1, 0.15) is 11.5 Å². The summed E-state index contributed by atoms with van der Waals surface area (Å²) in [5.74, 6) is 0.314. The molecule has 0 saturated carbocycles. The lowest BCUT2D eigenvalue weighted by molar-refractivity contribution is 0.443. The molecule has 0 aliphatic rings.